The molecule has 35 heavy (non-hydrogen) atoms. The number of benzene rings is 1. The van der Waals surface area contributed by atoms with Crippen molar-refractivity contribution in [3.8, 4) is 11.3 Å². The zero-order valence-electron chi connectivity index (χ0n) is 20.2. The fraction of sp³-hybridized carbons (Fsp3) is 0.286. The Labute approximate surface area is 205 Å². The van der Waals surface area contributed by atoms with Crippen molar-refractivity contribution in [2.24, 2.45) is 0 Å². The fourth-order valence-electron chi connectivity index (χ4n) is 4.88. The largest absolute Gasteiger partial charge is 0.343 e. The number of piperidine rings is 1. The summed E-state index contributed by atoms with van der Waals surface area (Å²) in [5, 5.41) is 7.34. The highest BCUT2D eigenvalue weighted by Crippen LogP contribution is 2.34. The van der Waals surface area contributed by atoms with Crippen molar-refractivity contribution in [1.82, 2.24) is 20.2 Å². The highest BCUT2D eigenvalue weighted by atomic mass is 16.2. The summed E-state index contributed by atoms with van der Waals surface area (Å²) in [7, 11) is 0. The highest BCUT2D eigenvalue weighted by molar-refractivity contribution is 6.05. The summed E-state index contributed by atoms with van der Waals surface area (Å²) >= 11 is 0. The molecule has 7 heteroatoms. The van der Waals surface area contributed by atoms with Gasteiger partial charge in [-0.3, -0.25) is 14.6 Å². The van der Waals surface area contributed by atoms with Crippen LogP contribution in [-0.4, -0.2) is 39.8 Å². The predicted octanol–water partition coefficient (Wildman–Crippen LogP) is 4.96. The van der Waals surface area contributed by atoms with Crippen molar-refractivity contribution < 1.29 is 9.59 Å². The molecule has 7 nitrogen and oxygen atoms in total. The predicted molar refractivity (Wildman–Crippen MR) is 136 cm³/mol. The number of aromatic nitrogens is 2. The average molecular weight is 467 g/mol. The van der Waals surface area contributed by atoms with Gasteiger partial charge < -0.3 is 10.2 Å². The topological polar surface area (TPSA) is 89.3 Å². The third kappa shape index (κ3) is 4.67. The molecule has 2 amide bonds. The first-order valence-electron chi connectivity index (χ1n) is 11.9. The van der Waals surface area contributed by atoms with Gasteiger partial charge in [-0.1, -0.05) is 6.07 Å². The maximum Gasteiger partial charge on any atom is 0.281 e. The minimum atomic E-state index is -0.309. The Hall–Kier alpha value is -4.00. The van der Waals surface area contributed by atoms with Crippen molar-refractivity contribution in [2.75, 3.05) is 18.4 Å². The number of pyridine rings is 2. The van der Waals surface area contributed by atoms with Gasteiger partial charge in [0.2, 0.25) is 5.91 Å². The lowest BCUT2D eigenvalue weighted by molar-refractivity contribution is -0.129. The van der Waals surface area contributed by atoms with Crippen molar-refractivity contribution in [3.05, 3.63) is 76.7 Å². The molecule has 2 aliphatic rings. The Morgan fingerprint density at radius 3 is 2.57 bits per heavy atom. The number of amides is 2. The molecule has 0 saturated carbocycles. The molecular weight excluding hydrogens is 438 g/mol. The molecule has 2 aliphatic heterocycles. The number of carbonyl (C=O) groups is 2. The van der Waals surface area contributed by atoms with E-state index in [9.17, 15) is 9.59 Å². The fourth-order valence-corrected chi connectivity index (χ4v) is 4.88. The van der Waals surface area contributed by atoms with Crippen LogP contribution in [0.4, 0.5) is 11.5 Å². The van der Waals surface area contributed by atoms with Crippen LogP contribution in [0.5, 0.6) is 0 Å². The molecule has 0 bridgehead atoms. The summed E-state index contributed by atoms with van der Waals surface area (Å²) in [6.45, 7) is 7.29. The average Bonchev–Trinajstić information content (AvgIpc) is 2.84. The molecule has 0 spiro atoms. The molecule has 1 N–H and O–H groups in total. The van der Waals surface area contributed by atoms with Gasteiger partial charge in [0.1, 0.15) is 5.82 Å². The number of hydrogen-bond acceptors (Lipinski definition) is 5. The van der Waals surface area contributed by atoms with E-state index in [1.54, 1.807) is 13.1 Å². The van der Waals surface area contributed by atoms with E-state index in [0.717, 1.165) is 54.1 Å². The number of carbonyl (C=O) groups excluding carboxylic acids is 2. The first kappa shape index (κ1) is 22.8. The van der Waals surface area contributed by atoms with E-state index in [0.29, 0.717) is 17.3 Å². The monoisotopic (exact) mass is 466 g/mol. The van der Waals surface area contributed by atoms with Crippen LogP contribution in [-0.2, 0) is 4.79 Å². The molecule has 2 aromatic heterocycles. The van der Waals surface area contributed by atoms with Crippen LogP contribution in [0.1, 0.15) is 58.4 Å². The number of rotatable bonds is 4. The summed E-state index contributed by atoms with van der Waals surface area (Å²) in [6, 6.07) is 12.1. The van der Waals surface area contributed by atoms with E-state index >= 15 is 0 Å². The van der Waals surface area contributed by atoms with Gasteiger partial charge in [0.15, 0.2) is 0 Å². The maximum absolute atomic E-state index is 12.7. The molecule has 1 saturated heterocycles. The first-order valence-corrected chi connectivity index (χ1v) is 11.9. The van der Waals surface area contributed by atoms with Gasteiger partial charge in [0, 0.05) is 49.4 Å². The number of nitrogens with zero attached hydrogens (tertiary/aromatic N) is 4. The maximum atomic E-state index is 12.7. The SMILES string of the molecule is CC(=O)N1CCC(c2ccc(Nc3nc(-c4ccc(C)nc4)cc4c3C(=O)[N]C=C4)cc2C)CC1. The van der Waals surface area contributed by atoms with E-state index in [2.05, 4.69) is 34.7 Å². The summed E-state index contributed by atoms with van der Waals surface area (Å²) < 4.78 is 0. The van der Waals surface area contributed by atoms with Crippen LogP contribution >= 0.6 is 0 Å². The molecule has 0 aliphatic carbocycles. The Bertz CT molecular complexity index is 1320. The van der Waals surface area contributed by atoms with Crippen molar-refractivity contribution in [1.29, 1.82) is 0 Å². The van der Waals surface area contributed by atoms with Gasteiger partial charge >= 0.3 is 0 Å². The van der Waals surface area contributed by atoms with Gasteiger partial charge in [0.05, 0.1) is 11.3 Å². The van der Waals surface area contributed by atoms with Crippen molar-refractivity contribution in [3.63, 3.8) is 0 Å². The van der Waals surface area contributed by atoms with Crippen LogP contribution in [0.25, 0.3) is 17.3 Å². The van der Waals surface area contributed by atoms with E-state index in [1.165, 1.54) is 17.3 Å². The second kappa shape index (κ2) is 9.33. The minimum absolute atomic E-state index is 0.148. The molecule has 5 rings (SSSR count). The van der Waals surface area contributed by atoms with Crippen LogP contribution in [0.2, 0.25) is 0 Å². The molecular formula is C28H28N5O2. The molecule has 177 valence electrons. The molecule has 1 radical (unpaired) electrons. The molecule has 3 aromatic rings. The van der Waals surface area contributed by atoms with E-state index in [1.807, 2.05) is 42.2 Å². The Morgan fingerprint density at radius 2 is 1.89 bits per heavy atom. The summed E-state index contributed by atoms with van der Waals surface area (Å²) in [5.41, 5.74) is 7.16. The van der Waals surface area contributed by atoms with Crippen LogP contribution in [0.15, 0.2) is 48.8 Å². The van der Waals surface area contributed by atoms with Crippen molar-refractivity contribution in [2.45, 2.75) is 39.5 Å². The summed E-state index contributed by atoms with van der Waals surface area (Å²) in [5.74, 6) is 0.762. The van der Waals surface area contributed by atoms with E-state index in [-0.39, 0.29) is 11.8 Å². The summed E-state index contributed by atoms with van der Waals surface area (Å²) in [4.78, 5) is 35.4. The third-order valence-electron chi connectivity index (χ3n) is 6.83. The van der Waals surface area contributed by atoms with Gasteiger partial charge in [-0.25, -0.2) is 10.3 Å². The molecule has 0 atom stereocenters. The lowest BCUT2D eigenvalue weighted by atomic mass is 9.86. The summed E-state index contributed by atoms with van der Waals surface area (Å²) in [6.07, 6.45) is 7.09. The van der Waals surface area contributed by atoms with Crippen LogP contribution < -0.4 is 10.6 Å². The zero-order valence-corrected chi connectivity index (χ0v) is 20.2. The second-order valence-corrected chi connectivity index (χ2v) is 9.24. The van der Waals surface area contributed by atoms with Gasteiger partial charge in [-0.15, -0.1) is 0 Å². The normalized spacial score (nSPS) is 15.5. The Morgan fingerprint density at radius 1 is 1.09 bits per heavy atom. The number of likely N-dealkylation sites (tertiary alicyclic amines) is 1. The first-order chi connectivity index (χ1) is 16.9. The van der Waals surface area contributed by atoms with Crippen LogP contribution in [0.3, 0.4) is 0 Å². The quantitative estimate of drug-likeness (QED) is 0.587. The van der Waals surface area contributed by atoms with Crippen molar-refractivity contribution >= 4 is 29.4 Å². The molecule has 1 fully saturated rings. The number of fused-ring (bicyclic) bond motifs is 1. The molecule has 0 unspecified atom stereocenters. The number of nitrogens with one attached hydrogen (secondary N) is 1. The van der Waals surface area contributed by atoms with Gasteiger partial charge in [0.25, 0.3) is 5.91 Å². The van der Waals surface area contributed by atoms with E-state index in [4.69, 9.17) is 4.98 Å². The lowest BCUT2D eigenvalue weighted by Crippen LogP contribution is -2.36. The van der Waals surface area contributed by atoms with Gasteiger partial charge in [-0.2, -0.15) is 0 Å². The Balaban J connectivity index is 1.44. The highest BCUT2D eigenvalue weighted by Gasteiger charge is 2.24. The number of hydrogen-bond donors (Lipinski definition) is 1. The molecule has 4 heterocycles. The van der Waals surface area contributed by atoms with Crippen LogP contribution in [0, 0.1) is 13.8 Å². The standard InChI is InChI=1S/C28H28N5O2/c1-17-14-23(6-7-24(17)20-9-12-33(13-10-20)19(3)34)31-27-26-21(8-11-29-28(26)35)15-25(32-27)22-5-4-18(2)30-16-22/h4-8,11,14-16,20H,9-10,12-13H2,1-3H3,(H,31,32). The smallest absolute Gasteiger partial charge is 0.281 e. The number of aryl methyl sites for hydroxylation is 2. The minimum Gasteiger partial charge on any atom is -0.343 e. The number of anilines is 2. The van der Waals surface area contributed by atoms with Gasteiger partial charge in [-0.05, 0) is 85.7 Å². The lowest BCUT2D eigenvalue weighted by Gasteiger charge is -2.32. The zero-order chi connectivity index (χ0) is 24.5. The van der Waals surface area contributed by atoms with E-state index < -0.39 is 0 Å². The molecule has 1 aromatic carbocycles. The second-order valence-electron chi connectivity index (χ2n) is 9.24. The third-order valence-corrected chi connectivity index (χ3v) is 6.83. The Kier molecular flexibility index (Phi) is 6.07.